The molecule has 19 heavy (non-hydrogen) atoms. The van der Waals surface area contributed by atoms with E-state index in [4.69, 9.17) is 4.42 Å². The van der Waals surface area contributed by atoms with E-state index in [0.717, 1.165) is 26.6 Å². The fourth-order valence-electron chi connectivity index (χ4n) is 2.09. The van der Waals surface area contributed by atoms with E-state index < -0.39 is 0 Å². The highest BCUT2D eigenvalue weighted by molar-refractivity contribution is 9.10. The number of carbonyl (C=O) groups is 1. The lowest BCUT2D eigenvalue weighted by Crippen LogP contribution is -1.98. The van der Waals surface area contributed by atoms with Crippen LogP contribution in [0.1, 0.15) is 26.6 Å². The Morgan fingerprint density at radius 1 is 1.26 bits per heavy atom. The lowest BCUT2D eigenvalue weighted by molar-refractivity contribution is 0.101. The molecule has 0 aliphatic rings. The van der Waals surface area contributed by atoms with Crippen LogP contribution in [0.4, 0.5) is 0 Å². The topological polar surface area (TPSA) is 30.2 Å². The van der Waals surface area contributed by atoms with Gasteiger partial charge < -0.3 is 4.42 Å². The van der Waals surface area contributed by atoms with Crippen LogP contribution in [0.5, 0.6) is 0 Å². The normalized spacial score (nSPS) is 11.1. The molecule has 0 saturated heterocycles. The smallest absolute Gasteiger partial charge is 0.238 e. The second-order valence-corrected chi connectivity index (χ2v) is 6.34. The van der Waals surface area contributed by atoms with E-state index >= 15 is 0 Å². The maximum absolute atomic E-state index is 12.4. The molecule has 3 rings (SSSR count). The zero-order chi connectivity index (χ0) is 13.6. The Kier molecular flexibility index (Phi) is 3.07. The molecular weight excluding hydrogens is 324 g/mol. The predicted molar refractivity (Wildman–Crippen MR) is 81.1 cm³/mol. The molecule has 2 aromatic heterocycles. The Balaban J connectivity index is 2.15. The van der Waals surface area contributed by atoms with E-state index in [-0.39, 0.29) is 5.78 Å². The Labute approximate surface area is 123 Å². The van der Waals surface area contributed by atoms with Crippen molar-refractivity contribution >= 4 is 44.0 Å². The summed E-state index contributed by atoms with van der Waals surface area (Å²) in [5.74, 6) is 0.386. The van der Waals surface area contributed by atoms with Crippen LogP contribution in [0.2, 0.25) is 0 Å². The molecule has 1 aromatic carbocycles. The summed E-state index contributed by atoms with van der Waals surface area (Å²) in [7, 11) is 0. The van der Waals surface area contributed by atoms with Gasteiger partial charge in [-0.1, -0.05) is 12.1 Å². The minimum absolute atomic E-state index is 0.0537. The lowest BCUT2D eigenvalue weighted by Gasteiger charge is -1.94. The molecule has 0 bridgehead atoms. The third kappa shape index (κ3) is 2.15. The van der Waals surface area contributed by atoms with Crippen LogP contribution in [0.15, 0.2) is 38.5 Å². The number of aryl methyl sites for hydroxylation is 2. The van der Waals surface area contributed by atoms with Crippen molar-refractivity contribution in [2.45, 2.75) is 13.8 Å². The van der Waals surface area contributed by atoms with E-state index in [1.807, 2.05) is 43.5 Å². The summed E-state index contributed by atoms with van der Waals surface area (Å²) in [4.78, 5) is 13.1. The molecule has 0 aliphatic carbocycles. The van der Waals surface area contributed by atoms with Gasteiger partial charge in [0.25, 0.3) is 0 Å². The Morgan fingerprint density at radius 2 is 2.05 bits per heavy atom. The van der Waals surface area contributed by atoms with Gasteiger partial charge in [-0.15, -0.1) is 11.3 Å². The van der Waals surface area contributed by atoms with Crippen molar-refractivity contribution in [2.24, 2.45) is 0 Å². The molecule has 0 saturated carbocycles. The predicted octanol–water partition coefficient (Wildman–Crippen LogP) is 5.10. The van der Waals surface area contributed by atoms with Gasteiger partial charge in [0.1, 0.15) is 5.58 Å². The Morgan fingerprint density at radius 3 is 2.74 bits per heavy atom. The maximum Gasteiger partial charge on any atom is 0.238 e. The summed E-state index contributed by atoms with van der Waals surface area (Å²) in [5, 5.41) is 2.90. The van der Waals surface area contributed by atoms with Crippen molar-refractivity contribution in [3.63, 3.8) is 0 Å². The summed E-state index contributed by atoms with van der Waals surface area (Å²) in [6, 6.07) is 7.82. The quantitative estimate of drug-likeness (QED) is 0.610. The van der Waals surface area contributed by atoms with Gasteiger partial charge in [0.05, 0.1) is 4.88 Å². The van der Waals surface area contributed by atoms with Crippen LogP contribution in [0, 0.1) is 13.8 Å². The maximum atomic E-state index is 12.4. The molecule has 3 aromatic rings. The third-order valence-corrected chi connectivity index (χ3v) is 4.78. The van der Waals surface area contributed by atoms with Gasteiger partial charge in [0.2, 0.25) is 5.78 Å². The van der Waals surface area contributed by atoms with Gasteiger partial charge in [-0.25, -0.2) is 0 Å². The van der Waals surface area contributed by atoms with Crippen LogP contribution >= 0.6 is 27.3 Å². The first-order valence-corrected chi connectivity index (χ1v) is 7.52. The van der Waals surface area contributed by atoms with E-state index in [2.05, 4.69) is 15.9 Å². The van der Waals surface area contributed by atoms with E-state index in [9.17, 15) is 4.79 Å². The highest BCUT2D eigenvalue weighted by Crippen LogP contribution is 2.30. The fraction of sp³-hybridized carbons (Fsp3) is 0.133. The molecule has 0 amide bonds. The average molecular weight is 335 g/mol. The first kappa shape index (κ1) is 12.6. The van der Waals surface area contributed by atoms with Gasteiger partial charge >= 0.3 is 0 Å². The largest absolute Gasteiger partial charge is 0.452 e. The summed E-state index contributed by atoms with van der Waals surface area (Å²) < 4.78 is 6.67. The van der Waals surface area contributed by atoms with Crippen molar-refractivity contribution in [2.75, 3.05) is 0 Å². The second-order valence-electron chi connectivity index (χ2n) is 4.51. The molecule has 0 N–H and O–H groups in total. The molecule has 2 nitrogen and oxygen atoms in total. The lowest BCUT2D eigenvalue weighted by atomic mass is 10.1. The van der Waals surface area contributed by atoms with Crippen LogP contribution in [0.25, 0.3) is 11.0 Å². The summed E-state index contributed by atoms with van der Waals surface area (Å²) in [6.07, 6.45) is 0. The van der Waals surface area contributed by atoms with Gasteiger partial charge in [-0.3, -0.25) is 4.79 Å². The Bertz CT molecular complexity index is 783. The van der Waals surface area contributed by atoms with Crippen molar-refractivity contribution in [1.82, 2.24) is 0 Å². The summed E-state index contributed by atoms with van der Waals surface area (Å²) in [5.41, 5.74) is 2.81. The number of fused-ring (bicyclic) bond motifs is 1. The molecular formula is C15H11BrO2S. The number of benzene rings is 1. The molecule has 0 atom stereocenters. The van der Waals surface area contributed by atoms with Gasteiger partial charge in [0, 0.05) is 20.8 Å². The Hall–Kier alpha value is -1.39. The molecule has 96 valence electrons. The van der Waals surface area contributed by atoms with Crippen molar-refractivity contribution in [1.29, 1.82) is 0 Å². The molecule has 0 fully saturated rings. The number of halogens is 1. The van der Waals surface area contributed by atoms with Crippen LogP contribution in [0.3, 0.4) is 0 Å². The van der Waals surface area contributed by atoms with Crippen LogP contribution < -0.4 is 0 Å². The number of hydrogen-bond donors (Lipinski definition) is 0. The van der Waals surface area contributed by atoms with Crippen molar-refractivity contribution < 1.29 is 9.21 Å². The minimum Gasteiger partial charge on any atom is -0.452 e. The van der Waals surface area contributed by atoms with Crippen LogP contribution in [-0.4, -0.2) is 5.78 Å². The van der Waals surface area contributed by atoms with Crippen molar-refractivity contribution in [3.05, 3.63) is 55.9 Å². The number of hydrogen-bond acceptors (Lipinski definition) is 3. The van der Waals surface area contributed by atoms with Gasteiger partial charge in [0.15, 0.2) is 5.76 Å². The zero-order valence-electron chi connectivity index (χ0n) is 10.5. The average Bonchev–Trinajstić information content (AvgIpc) is 2.93. The summed E-state index contributed by atoms with van der Waals surface area (Å²) in [6.45, 7) is 3.94. The standard InChI is InChI=1S/C15H11BrO2S/c1-8-3-4-11-9(2)15(18-12(11)5-8)14(17)13-6-10(16)7-19-13/h3-7H,1-2H3. The third-order valence-electron chi connectivity index (χ3n) is 3.09. The zero-order valence-corrected chi connectivity index (χ0v) is 12.9. The molecule has 0 radical (unpaired) electrons. The number of thiophene rings is 1. The molecule has 0 aliphatic heterocycles. The molecule has 2 heterocycles. The molecule has 4 heteroatoms. The van der Waals surface area contributed by atoms with Gasteiger partial charge in [-0.05, 0) is 47.5 Å². The van der Waals surface area contributed by atoms with Crippen LogP contribution in [-0.2, 0) is 0 Å². The van der Waals surface area contributed by atoms with Gasteiger partial charge in [-0.2, -0.15) is 0 Å². The SMILES string of the molecule is Cc1ccc2c(C)c(C(=O)c3cc(Br)cs3)oc2c1. The number of carbonyl (C=O) groups excluding carboxylic acids is 1. The monoisotopic (exact) mass is 334 g/mol. The van der Waals surface area contributed by atoms with Crippen molar-refractivity contribution in [3.8, 4) is 0 Å². The molecule has 0 unspecified atom stereocenters. The first-order chi connectivity index (χ1) is 9.06. The van der Waals surface area contributed by atoms with E-state index in [1.165, 1.54) is 11.3 Å². The highest BCUT2D eigenvalue weighted by atomic mass is 79.9. The number of furan rings is 1. The number of ketones is 1. The number of rotatable bonds is 2. The van der Waals surface area contributed by atoms with E-state index in [0.29, 0.717) is 10.6 Å². The summed E-state index contributed by atoms with van der Waals surface area (Å²) >= 11 is 4.78. The fourth-order valence-corrected chi connectivity index (χ4v) is 3.46. The highest BCUT2D eigenvalue weighted by Gasteiger charge is 2.20. The second kappa shape index (κ2) is 4.62. The molecule has 0 spiro atoms. The first-order valence-electron chi connectivity index (χ1n) is 5.85. The minimum atomic E-state index is -0.0537. The van der Waals surface area contributed by atoms with E-state index in [1.54, 1.807) is 0 Å².